The molecule has 0 spiro atoms. The van der Waals surface area contributed by atoms with Crippen molar-refractivity contribution in [1.82, 2.24) is 0 Å². The molecular formula is C16H20N2O2. The molecule has 4 heteroatoms. The highest BCUT2D eigenvalue weighted by atomic mass is 16.4. The first-order valence-corrected chi connectivity index (χ1v) is 6.43. The van der Waals surface area contributed by atoms with Crippen LogP contribution in [0.25, 0.3) is 0 Å². The van der Waals surface area contributed by atoms with Crippen LogP contribution in [-0.2, 0) is 4.79 Å². The second kappa shape index (κ2) is 8.85. The Bertz CT molecular complexity index is 459. The summed E-state index contributed by atoms with van der Waals surface area (Å²) in [5.41, 5.74) is 11.4. The van der Waals surface area contributed by atoms with Gasteiger partial charge in [-0.05, 0) is 11.1 Å². The van der Waals surface area contributed by atoms with Crippen LogP contribution >= 0.6 is 0 Å². The number of rotatable bonds is 4. The molecule has 106 valence electrons. The number of nitrogens with two attached hydrogens (primary N) is 2. The monoisotopic (exact) mass is 272 g/mol. The molecule has 20 heavy (non-hydrogen) atoms. The fourth-order valence-electron chi connectivity index (χ4n) is 1.77. The van der Waals surface area contributed by atoms with E-state index in [-0.39, 0.29) is 0 Å². The van der Waals surface area contributed by atoms with E-state index in [1.54, 1.807) is 0 Å². The second-order valence-electron chi connectivity index (χ2n) is 4.17. The molecule has 0 aromatic heterocycles. The Morgan fingerprint density at radius 3 is 1.45 bits per heavy atom. The molecule has 2 aromatic rings. The van der Waals surface area contributed by atoms with Gasteiger partial charge in [0.2, 0.25) is 0 Å². The van der Waals surface area contributed by atoms with E-state index in [0.29, 0.717) is 13.1 Å². The van der Waals surface area contributed by atoms with Crippen LogP contribution in [0.3, 0.4) is 0 Å². The number of carboxylic acids is 1. The molecule has 0 fully saturated rings. The van der Waals surface area contributed by atoms with Crippen molar-refractivity contribution in [1.29, 1.82) is 0 Å². The van der Waals surface area contributed by atoms with E-state index in [4.69, 9.17) is 11.5 Å². The van der Waals surface area contributed by atoms with Gasteiger partial charge in [-0.1, -0.05) is 60.7 Å². The maximum atomic E-state index is 11.3. The summed E-state index contributed by atoms with van der Waals surface area (Å²) in [5, 5.41) is 9.28. The molecule has 2 aromatic carbocycles. The Hall–Kier alpha value is -2.17. The maximum Gasteiger partial charge on any atom is 0.315 e. The summed E-state index contributed by atoms with van der Waals surface area (Å²) in [4.78, 5) is 11.3. The molecule has 5 N–H and O–H groups in total. The first-order chi connectivity index (χ1) is 9.70. The lowest BCUT2D eigenvalue weighted by molar-refractivity contribution is -0.137. The van der Waals surface area contributed by atoms with Gasteiger partial charge in [0.15, 0.2) is 0 Å². The number of carboxylic acid groups (broad SMARTS) is 1. The summed E-state index contributed by atoms with van der Waals surface area (Å²) in [7, 11) is 0. The highest BCUT2D eigenvalue weighted by molar-refractivity contribution is 5.80. The molecule has 0 aliphatic rings. The largest absolute Gasteiger partial charge is 0.481 e. The highest BCUT2D eigenvalue weighted by Gasteiger charge is 2.20. The van der Waals surface area contributed by atoms with E-state index in [2.05, 4.69) is 0 Å². The molecule has 0 amide bonds. The molecule has 0 heterocycles. The zero-order valence-electron chi connectivity index (χ0n) is 11.3. The smallest absolute Gasteiger partial charge is 0.315 e. The standard InChI is InChI=1S/C14H12O2.C2H8N2/c15-14(16)13(11-7-3-1-4-8-11)12-9-5-2-6-10-12;3-1-2-4/h1-10,13H,(H,15,16);1-4H2. The summed E-state index contributed by atoms with van der Waals surface area (Å²) in [5.74, 6) is -1.40. The van der Waals surface area contributed by atoms with Crippen molar-refractivity contribution >= 4 is 5.97 Å². The van der Waals surface area contributed by atoms with Crippen molar-refractivity contribution in [3.05, 3.63) is 71.8 Å². The van der Waals surface area contributed by atoms with Gasteiger partial charge in [0.05, 0.1) is 0 Å². The Morgan fingerprint density at radius 2 is 1.20 bits per heavy atom. The van der Waals surface area contributed by atoms with E-state index in [9.17, 15) is 9.90 Å². The molecule has 0 bridgehead atoms. The topological polar surface area (TPSA) is 89.3 Å². The average molecular weight is 272 g/mol. The van der Waals surface area contributed by atoms with Crippen molar-refractivity contribution in [3.8, 4) is 0 Å². The molecule has 0 aliphatic carbocycles. The van der Waals surface area contributed by atoms with Crippen molar-refractivity contribution in [2.24, 2.45) is 11.5 Å². The third-order valence-electron chi connectivity index (χ3n) is 2.68. The van der Waals surface area contributed by atoms with E-state index in [1.165, 1.54) is 0 Å². The van der Waals surface area contributed by atoms with Gasteiger partial charge in [0.25, 0.3) is 0 Å². The predicted octanol–water partition coefficient (Wildman–Crippen LogP) is 1.81. The first kappa shape index (κ1) is 15.9. The molecule has 4 nitrogen and oxygen atoms in total. The average Bonchev–Trinajstić information content (AvgIpc) is 2.49. The number of carbonyl (C=O) groups is 1. The highest BCUT2D eigenvalue weighted by Crippen LogP contribution is 2.24. The number of aliphatic carboxylic acids is 1. The van der Waals surface area contributed by atoms with Crippen LogP contribution in [0.15, 0.2) is 60.7 Å². The lowest BCUT2D eigenvalue weighted by Gasteiger charge is -2.12. The Labute approximate surface area is 119 Å². The van der Waals surface area contributed by atoms with Crippen molar-refractivity contribution in [2.45, 2.75) is 5.92 Å². The van der Waals surface area contributed by atoms with Crippen molar-refractivity contribution in [3.63, 3.8) is 0 Å². The van der Waals surface area contributed by atoms with E-state index in [1.807, 2.05) is 60.7 Å². The molecule has 0 unspecified atom stereocenters. The summed E-state index contributed by atoms with van der Waals surface area (Å²) >= 11 is 0. The Morgan fingerprint density at radius 1 is 0.850 bits per heavy atom. The summed E-state index contributed by atoms with van der Waals surface area (Å²) in [6.45, 7) is 1.19. The van der Waals surface area contributed by atoms with Gasteiger partial charge in [0, 0.05) is 13.1 Å². The fourth-order valence-corrected chi connectivity index (χ4v) is 1.77. The first-order valence-electron chi connectivity index (χ1n) is 6.43. The molecule has 0 aliphatic heterocycles. The molecule has 2 rings (SSSR count). The van der Waals surface area contributed by atoms with Gasteiger partial charge in [-0.3, -0.25) is 4.79 Å². The van der Waals surface area contributed by atoms with Crippen LogP contribution < -0.4 is 11.5 Å². The van der Waals surface area contributed by atoms with Crippen LogP contribution in [0.4, 0.5) is 0 Å². The maximum absolute atomic E-state index is 11.3. The van der Waals surface area contributed by atoms with Crippen LogP contribution in [0.2, 0.25) is 0 Å². The fraction of sp³-hybridized carbons (Fsp3) is 0.188. The van der Waals surface area contributed by atoms with Crippen LogP contribution in [0.1, 0.15) is 17.0 Å². The lowest BCUT2D eigenvalue weighted by Crippen LogP contribution is -2.12. The van der Waals surface area contributed by atoms with Crippen molar-refractivity contribution in [2.75, 3.05) is 13.1 Å². The minimum atomic E-state index is -0.822. The third kappa shape index (κ3) is 4.84. The quantitative estimate of drug-likeness (QED) is 0.791. The van der Waals surface area contributed by atoms with Gasteiger partial charge in [-0.25, -0.2) is 0 Å². The summed E-state index contributed by atoms with van der Waals surface area (Å²) in [6.07, 6.45) is 0. The summed E-state index contributed by atoms with van der Waals surface area (Å²) in [6, 6.07) is 18.5. The molecular weight excluding hydrogens is 252 g/mol. The van der Waals surface area contributed by atoms with Crippen molar-refractivity contribution < 1.29 is 9.90 Å². The van der Waals surface area contributed by atoms with Gasteiger partial charge < -0.3 is 16.6 Å². The number of hydrogen-bond acceptors (Lipinski definition) is 3. The van der Waals surface area contributed by atoms with E-state index in [0.717, 1.165) is 11.1 Å². The summed E-state index contributed by atoms with van der Waals surface area (Å²) < 4.78 is 0. The SMILES string of the molecule is NCCN.O=C(O)C(c1ccccc1)c1ccccc1. The van der Waals surface area contributed by atoms with Crippen LogP contribution in [-0.4, -0.2) is 24.2 Å². The van der Waals surface area contributed by atoms with Gasteiger partial charge in [-0.2, -0.15) is 0 Å². The normalized spacial score (nSPS) is 9.75. The number of hydrogen-bond donors (Lipinski definition) is 3. The van der Waals surface area contributed by atoms with E-state index >= 15 is 0 Å². The van der Waals surface area contributed by atoms with Gasteiger partial charge in [0.1, 0.15) is 5.92 Å². The Balaban J connectivity index is 0.000000444. The minimum Gasteiger partial charge on any atom is -0.481 e. The zero-order valence-corrected chi connectivity index (χ0v) is 11.3. The predicted molar refractivity (Wildman–Crippen MR) is 80.5 cm³/mol. The number of benzene rings is 2. The van der Waals surface area contributed by atoms with Gasteiger partial charge >= 0.3 is 5.97 Å². The third-order valence-corrected chi connectivity index (χ3v) is 2.68. The molecule has 0 atom stereocenters. The molecule has 0 saturated carbocycles. The molecule has 0 saturated heterocycles. The van der Waals surface area contributed by atoms with Crippen LogP contribution in [0.5, 0.6) is 0 Å². The van der Waals surface area contributed by atoms with Crippen LogP contribution in [0, 0.1) is 0 Å². The minimum absolute atomic E-state index is 0.581. The van der Waals surface area contributed by atoms with Gasteiger partial charge in [-0.15, -0.1) is 0 Å². The molecule has 0 radical (unpaired) electrons. The lowest BCUT2D eigenvalue weighted by atomic mass is 9.92. The van der Waals surface area contributed by atoms with E-state index < -0.39 is 11.9 Å². The second-order valence-corrected chi connectivity index (χ2v) is 4.17. The Kier molecular flexibility index (Phi) is 7.03. The zero-order chi connectivity index (χ0) is 14.8.